The predicted octanol–water partition coefficient (Wildman–Crippen LogP) is 2.59. The average Bonchev–Trinajstić information content (AvgIpc) is 3.29. The fraction of sp³-hybridized carbons (Fsp3) is 0.286. The third-order valence-corrected chi connectivity index (χ3v) is 5.58. The highest BCUT2D eigenvalue weighted by molar-refractivity contribution is 6.07. The average molecular weight is 344 g/mol. The van der Waals surface area contributed by atoms with Gasteiger partial charge in [-0.1, -0.05) is 18.2 Å². The maximum atomic E-state index is 13.3. The van der Waals surface area contributed by atoms with Gasteiger partial charge in [0.1, 0.15) is 0 Å². The van der Waals surface area contributed by atoms with Gasteiger partial charge in [-0.3, -0.25) is 9.78 Å². The minimum Gasteiger partial charge on any atom is -0.338 e. The minimum atomic E-state index is 0.114. The van der Waals surface area contributed by atoms with Gasteiger partial charge in [0.25, 0.3) is 5.91 Å². The van der Waals surface area contributed by atoms with Crippen LogP contribution in [0.4, 0.5) is 0 Å². The smallest absolute Gasteiger partial charge is 0.254 e. The molecule has 0 spiro atoms. The molecule has 5 heteroatoms. The summed E-state index contributed by atoms with van der Waals surface area (Å²) in [5.74, 6) is 1.29. The van der Waals surface area contributed by atoms with Crippen LogP contribution in [0.3, 0.4) is 0 Å². The third-order valence-electron chi connectivity index (χ3n) is 5.58. The van der Waals surface area contributed by atoms with Crippen LogP contribution in [0.2, 0.25) is 0 Å². The molecular formula is C21H20N4O. The zero-order chi connectivity index (χ0) is 17.5. The summed E-state index contributed by atoms with van der Waals surface area (Å²) in [6.45, 7) is 3.73. The summed E-state index contributed by atoms with van der Waals surface area (Å²) < 4.78 is 0. The second-order valence-electron chi connectivity index (χ2n) is 7.20. The molecular weight excluding hydrogens is 324 g/mol. The first-order valence-corrected chi connectivity index (χ1v) is 9.10. The number of carbonyl (C=O) groups excluding carboxylic acids is 1. The Bertz CT molecular complexity index is 960. The van der Waals surface area contributed by atoms with Crippen molar-refractivity contribution >= 4 is 16.8 Å². The first-order chi connectivity index (χ1) is 12.8. The summed E-state index contributed by atoms with van der Waals surface area (Å²) in [4.78, 5) is 24.3. The monoisotopic (exact) mass is 344 g/mol. The van der Waals surface area contributed by atoms with Crippen molar-refractivity contribution in [1.29, 1.82) is 0 Å². The molecule has 5 nitrogen and oxygen atoms in total. The molecule has 0 bridgehead atoms. The maximum Gasteiger partial charge on any atom is 0.254 e. The van der Waals surface area contributed by atoms with Gasteiger partial charge < -0.3 is 10.2 Å². The number of carbonyl (C=O) groups is 1. The van der Waals surface area contributed by atoms with Crippen LogP contribution in [0.25, 0.3) is 22.2 Å². The Labute approximate surface area is 152 Å². The molecule has 1 amide bonds. The number of para-hydroxylation sites is 1. The van der Waals surface area contributed by atoms with Crippen molar-refractivity contribution < 1.29 is 4.79 Å². The fourth-order valence-electron chi connectivity index (χ4n) is 4.21. The van der Waals surface area contributed by atoms with Gasteiger partial charge in [0.15, 0.2) is 0 Å². The van der Waals surface area contributed by atoms with Gasteiger partial charge in [-0.15, -0.1) is 0 Å². The molecule has 2 aliphatic heterocycles. The topological polar surface area (TPSA) is 58.1 Å². The van der Waals surface area contributed by atoms with E-state index in [4.69, 9.17) is 4.98 Å². The molecule has 2 saturated heterocycles. The molecule has 0 unspecified atom stereocenters. The van der Waals surface area contributed by atoms with Crippen molar-refractivity contribution in [1.82, 2.24) is 20.2 Å². The van der Waals surface area contributed by atoms with Crippen molar-refractivity contribution in [3.05, 3.63) is 60.4 Å². The Kier molecular flexibility index (Phi) is 3.68. The molecule has 26 heavy (non-hydrogen) atoms. The van der Waals surface area contributed by atoms with Gasteiger partial charge in [-0.25, -0.2) is 4.98 Å². The Morgan fingerprint density at radius 3 is 2.65 bits per heavy atom. The molecule has 1 aromatic carbocycles. The summed E-state index contributed by atoms with van der Waals surface area (Å²) in [6.07, 6.45) is 3.53. The van der Waals surface area contributed by atoms with E-state index >= 15 is 0 Å². The second kappa shape index (κ2) is 6.18. The number of amides is 1. The van der Waals surface area contributed by atoms with E-state index in [1.54, 1.807) is 12.4 Å². The van der Waals surface area contributed by atoms with Crippen LogP contribution in [0.5, 0.6) is 0 Å². The highest BCUT2D eigenvalue weighted by Crippen LogP contribution is 2.30. The van der Waals surface area contributed by atoms with E-state index in [0.717, 1.165) is 53.9 Å². The molecule has 0 radical (unpaired) electrons. The Balaban J connectivity index is 1.59. The molecule has 130 valence electrons. The van der Waals surface area contributed by atoms with E-state index in [0.29, 0.717) is 11.8 Å². The summed E-state index contributed by atoms with van der Waals surface area (Å²) in [6, 6.07) is 13.7. The fourth-order valence-corrected chi connectivity index (χ4v) is 4.21. The lowest BCUT2D eigenvalue weighted by molar-refractivity contribution is 0.0783. The van der Waals surface area contributed by atoms with E-state index < -0.39 is 0 Å². The number of rotatable bonds is 2. The van der Waals surface area contributed by atoms with Crippen LogP contribution in [0.15, 0.2) is 54.9 Å². The van der Waals surface area contributed by atoms with Crippen LogP contribution in [0, 0.1) is 11.8 Å². The lowest BCUT2D eigenvalue weighted by Crippen LogP contribution is -2.32. The SMILES string of the molecule is O=C(c1cc(-c2cccnc2)nc2ccccc12)N1C[C@H]2CNC[C@H]2C1. The number of hydrogen-bond acceptors (Lipinski definition) is 4. The van der Waals surface area contributed by atoms with Gasteiger partial charge in [0, 0.05) is 49.5 Å². The molecule has 0 aliphatic carbocycles. The number of nitrogens with zero attached hydrogens (tertiary/aromatic N) is 3. The van der Waals surface area contributed by atoms with Gasteiger partial charge in [0.2, 0.25) is 0 Å². The number of nitrogens with one attached hydrogen (secondary N) is 1. The zero-order valence-electron chi connectivity index (χ0n) is 14.4. The largest absolute Gasteiger partial charge is 0.338 e. The lowest BCUT2D eigenvalue weighted by atomic mass is 10.0. The third kappa shape index (κ3) is 2.56. The lowest BCUT2D eigenvalue weighted by Gasteiger charge is -2.19. The quantitative estimate of drug-likeness (QED) is 0.776. The number of likely N-dealkylation sites (tertiary alicyclic amines) is 1. The highest BCUT2D eigenvalue weighted by atomic mass is 16.2. The van der Waals surface area contributed by atoms with Crippen molar-refractivity contribution in [2.75, 3.05) is 26.2 Å². The summed E-state index contributed by atoms with van der Waals surface area (Å²) in [5, 5.41) is 4.35. The van der Waals surface area contributed by atoms with Gasteiger partial charge in [-0.2, -0.15) is 0 Å². The van der Waals surface area contributed by atoms with Crippen LogP contribution >= 0.6 is 0 Å². The van der Waals surface area contributed by atoms with Crippen molar-refractivity contribution in [3.63, 3.8) is 0 Å². The molecule has 1 N–H and O–H groups in total. The van der Waals surface area contributed by atoms with E-state index in [2.05, 4.69) is 10.3 Å². The number of aromatic nitrogens is 2. The number of hydrogen-bond donors (Lipinski definition) is 1. The number of benzene rings is 1. The highest BCUT2D eigenvalue weighted by Gasteiger charge is 2.38. The van der Waals surface area contributed by atoms with E-state index in [1.807, 2.05) is 47.4 Å². The first kappa shape index (κ1) is 15.5. The molecule has 2 aliphatic rings. The number of fused-ring (bicyclic) bond motifs is 2. The molecule has 0 saturated carbocycles. The molecule has 2 fully saturated rings. The van der Waals surface area contributed by atoms with Crippen LogP contribution < -0.4 is 5.32 Å². The first-order valence-electron chi connectivity index (χ1n) is 9.10. The molecule has 2 aromatic heterocycles. The molecule has 5 rings (SSSR count). The predicted molar refractivity (Wildman–Crippen MR) is 101 cm³/mol. The van der Waals surface area contributed by atoms with Gasteiger partial charge in [-0.05, 0) is 36.1 Å². The Hall–Kier alpha value is -2.79. The minimum absolute atomic E-state index is 0.114. The van der Waals surface area contributed by atoms with E-state index in [1.165, 1.54) is 0 Å². The standard InChI is InChI=1S/C21H20N4O/c26-21(25-12-15-10-23-11-16(15)13-25)18-8-20(14-4-3-7-22-9-14)24-19-6-2-1-5-17(18)19/h1-9,15-16,23H,10-13H2/t15-,16+. The van der Waals surface area contributed by atoms with Gasteiger partial charge >= 0.3 is 0 Å². The Morgan fingerprint density at radius 1 is 1.08 bits per heavy atom. The second-order valence-corrected chi connectivity index (χ2v) is 7.20. The maximum absolute atomic E-state index is 13.3. The van der Waals surface area contributed by atoms with Crippen molar-refractivity contribution in [2.45, 2.75) is 0 Å². The molecule has 2 atom stereocenters. The zero-order valence-corrected chi connectivity index (χ0v) is 14.4. The normalized spacial score (nSPS) is 21.9. The summed E-state index contributed by atoms with van der Waals surface area (Å²) in [5.41, 5.74) is 3.30. The van der Waals surface area contributed by atoms with Gasteiger partial charge in [0.05, 0.1) is 16.8 Å². The van der Waals surface area contributed by atoms with Crippen molar-refractivity contribution in [3.8, 4) is 11.3 Å². The van der Waals surface area contributed by atoms with Crippen LogP contribution in [-0.4, -0.2) is 47.0 Å². The summed E-state index contributed by atoms with van der Waals surface area (Å²) >= 11 is 0. The Morgan fingerprint density at radius 2 is 1.88 bits per heavy atom. The van der Waals surface area contributed by atoms with Crippen LogP contribution in [-0.2, 0) is 0 Å². The van der Waals surface area contributed by atoms with Crippen molar-refractivity contribution in [2.24, 2.45) is 11.8 Å². The molecule has 3 aromatic rings. The van der Waals surface area contributed by atoms with E-state index in [-0.39, 0.29) is 5.91 Å². The number of pyridine rings is 2. The molecule has 4 heterocycles. The summed E-state index contributed by atoms with van der Waals surface area (Å²) in [7, 11) is 0. The van der Waals surface area contributed by atoms with E-state index in [9.17, 15) is 4.79 Å². The van der Waals surface area contributed by atoms with Crippen LogP contribution in [0.1, 0.15) is 10.4 Å².